The number of aromatic nitrogens is 1. The van der Waals surface area contributed by atoms with E-state index in [2.05, 4.69) is 46.3 Å². The molecule has 1 unspecified atom stereocenters. The number of pyridine rings is 1. The maximum atomic E-state index is 13.0. The number of piperidine rings is 1. The number of likely N-dealkylation sites (tertiary alicyclic amines) is 1. The molecule has 5 heteroatoms. The van der Waals surface area contributed by atoms with Crippen LogP contribution in [0.15, 0.2) is 66.9 Å². The predicted octanol–water partition coefficient (Wildman–Crippen LogP) is 5.71. The van der Waals surface area contributed by atoms with Crippen LogP contribution in [-0.2, 0) is 6.54 Å². The van der Waals surface area contributed by atoms with Crippen LogP contribution >= 0.6 is 0 Å². The Balaban J connectivity index is 1.39. The minimum Gasteiger partial charge on any atom is -0.457 e. The van der Waals surface area contributed by atoms with E-state index < -0.39 is 0 Å². The Morgan fingerprint density at radius 3 is 2.44 bits per heavy atom. The number of carbonyl (C=O) groups is 1. The fraction of sp³-hybridized carbons (Fsp3) is 0.379. The highest BCUT2D eigenvalue weighted by Gasteiger charge is 2.35. The molecule has 3 heterocycles. The number of rotatable bonds is 6. The number of para-hydroxylation sites is 1. The molecule has 2 aliphatic heterocycles. The van der Waals surface area contributed by atoms with Crippen LogP contribution in [-0.4, -0.2) is 46.9 Å². The van der Waals surface area contributed by atoms with Crippen LogP contribution in [0.2, 0.25) is 0 Å². The van der Waals surface area contributed by atoms with Crippen LogP contribution in [0.3, 0.4) is 0 Å². The molecule has 2 aromatic carbocycles. The Labute approximate surface area is 202 Å². The van der Waals surface area contributed by atoms with Gasteiger partial charge in [0.25, 0.3) is 5.91 Å². The summed E-state index contributed by atoms with van der Waals surface area (Å²) < 4.78 is 6.35. The zero-order chi connectivity index (χ0) is 23.5. The Morgan fingerprint density at radius 1 is 0.971 bits per heavy atom. The quantitative estimate of drug-likeness (QED) is 0.477. The molecule has 0 aliphatic carbocycles. The molecule has 176 valence electrons. The summed E-state index contributed by atoms with van der Waals surface area (Å²) in [6.45, 7) is 8.48. The Hall–Kier alpha value is -3.18. The third-order valence-corrected chi connectivity index (χ3v) is 7.34. The molecule has 5 nitrogen and oxygen atoms in total. The highest BCUT2D eigenvalue weighted by molar-refractivity contribution is 5.95. The largest absolute Gasteiger partial charge is 0.457 e. The standard InChI is InChI=1S/C29H33N3O2/c1-3-32(4-2)29(33)22-12-13-25-27(19-22)34-26-11-6-5-10-24(26)28(25)21-14-17-31(18-15-21)20-23-9-7-8-16-30-23/h5-13,16,19,21,28H,3-4,14-15,17-18,20H2,1-2H3. The summed E-state index contributed by atoms with van der Waals surface area (Å²) in [4.78, 5) is 21.8. The summed E-state index contributed by atoms with van der Waals surface area (Å²) in [7, 11) is 0. The van der Waals surface area contributed by atoms with Gasteiger partial charge >= 0.3 is 0 Å². The van der Waals surface area contributed by atoms with Gasteiger partial charge in [-0.05, 0) is 76.0 Å². The molecule has 1 aromatic heterocycles. The zero-order valence-corrected chi connectivity index (χ0v) is 20.1. The Kier molecular flexibility index (Phi) is 6.63. The van der Waals surface area contributed by atoms with Gasteiger partial charge in [-0.1, -0.05) is 30.3 Å². The van der Waals surface area contributed by atoms with Crippen molar-refractivity contribution in [2.45, 2.75) is 39.2 Å². The molecule has 0 bridgehead atoms. The molecule has 2 aliphatic rings. The van der Waals surface area contributed by atoms with Gasteiger partial charge in [0.1, 0.15) is 11.5 Å². The molecule has 0 spiro atoms. The average molecular weight is 456 g/mol. The molecular weight excluding hydrogens is 422 g/mol. The van der Waals surface area contributed by atoms with E-state index in [1.165, 1.54) is 11.1 Å². The first kappa shape index (κ1) is 22.6. The fourth-order valence-corrected chi connectivity index (χ4v) is 5.50. The van der Waals surface area contributed by atoms with E-state index in [0.29, 0.717) is 24.6 Å². The van der Waals surface area contributed by atoms with Crippen LogP contribution in [0.5, 0.6) is 11.5 Å². The lowest BCUT2D eigenvalue weighted by molar-refractivity contribution is 0.0772. The molecule has 0 radical (unpaired) electrons. The van der Waals surface area contributed by atoms with Gasteiger partial charge in [0.05, 0.1) is 5.69 Å². The van der Waals surface area contributed by atoms with E-state index in [4.69, 9.17) is 4.74 Å². The smallest absolute Gasteiger partial charge is 0.253 e. The third kappa shape index (κ3) is 4.45. The monoisotopic (exact) mass is 455 g/mol. The molecular formula is C29H33N3O2. The minimum absolute atomic E-state index is 0.0645. The number of hydrogen-bond donors (Lipinski definition) is 0. The van der Waals surface area contributed by atoms with E-state index in [1.807, 2.05) is 49.2 Å². The normalized spacial score (nSPS) is 18.0. The van der Waals surface area contributed by atoms with Crippen LogP contribution in [0.25, 0.3) is 0 Å². The summed E-state index contributed by atoms with van der Waals surface area (Å²) in [5, 5.41) is 0. The highest BCUT2D eigenvalue weighted by atomic mass is 16.5. The molecule has 1 saturated heterocycles. The summed E-state index contributed by atoms with van der Waals surface area (Å²) in [6.07, 6.45) is 4.13. The summed E-state index contributed by atoms with van der Waals surface area (Å²) in [6, 6.07) is 20.6. The number of hydrogen-bond acceptors (Lipinski definition) is 4. The second-order valence-corrected chi connectivity index (χ2v) is 9.28. The first-order chi connectivity index (χ1) is 16.7. The lowest BCUT2D eigenvalue weighted by atomic mass is 9.74. The molecule has 0 saturated carbocycles. The van der Waals surface area contributed by atoms with Crippen LogP contribution in [0, 0.1) is 5.92 Å². The number of ether oxygens (including phenoxy) is 1. The van der Waals surface area contributed by atoms with Gasteiger partial charge in [-0.15, -0.1) is 0 Å². The maximum Gasteiger partial charge on any atom is 0.253 e. The Bertz CT molecular complexity index is 1140. The van der Waals surface area contributed by atoms with Gasteiger partial charge < -0.3 is 9.64 Å². The number of amides is 1. The maximum absolute atomic E-state index is 13.0. The lowest BCUT2D eigenvalue weighted by Gasteiger charge is -2.39. The van der Waals surface area contributed by atoms with Crippen LogP contribution in [0.1, 0.15) is 59.8 Å². The SMILES string of the molecule is CCN(CC)C(=O)c1ccc2c(c1)Oc1ccccc1C2C1CCN(Cc2ccccn2)CC1. The van der Waals surface area contributed by atoms with E-state index in [1.54, 1.807) is 0 Å². The van der Waals surface area contributed by atoms with E-state index in [9.17, 15) is 4.79 Å². The zero-order valence-electron chi connectivity index (χ0n) is 20.1. The minimum atomic E-state index is 0.0645. The van der Waals surface area contributed by atoms with Crippen molar-refractivity contribution in [1.82, 2.24) is 14.8 Å². The fourth-order valence-electron chi connectivity index (χ4n) is 5.50. The number of nitrogens with zero attached hydrogens (tertiary/aromatic N) is 3. The summed E-state index contributed by atoms with van der Waals surface area (Å²) in [5.74, 6) is 2.64. The van der Waals surface area contributed by atoms with Gasteiger partial charge in [-0.2, -0.15) is 0 Å². The number of carbonyl (C=O) groups excluding carboxylic acids is 1. The van der Waals surface area contributed by atoms with Gasteiger partial charge in [0.2, 0.25) is 0 Å². The van der Waals surface area contributed by atoms with Crippen LogP contribution in [0.4, 0.5) is 0 Å². The number of fused-ring (bicyclic) bond motifs is 2. The first-order valence-electron chi connectivity index (χ1n) is 12.5. The average Bonchev–Trinajstić information content (AvgIpc) is 2.89. The summed E-state index contributed by atoms with van der Waals surface area (Å²) >= 11 is 0. The van der Waals surface area contributed by atoms with Crippen molar-refractivity contribution in [2.75, 3.05) is 26.2 Å². The van der Waals surface area contributed by atoms with Gasteiger partial charge in [-0.25, -0.2) is 0 Å². The molecule has 1 fully saturated rings. The van der Waals surface area contributed by atoms with E-state index >= 15 is 0 Å². The van der Waals surface area contributed by atoms with Gasteiger partial charge in [-0.3, -0.25) is 14.7 Å². The molecule has 5 rings (SSSR count). The first-order valence-corrected chi connectivity index (χ1v) is 12.5. The van der Waals surface area contributed by atoms with Crippen molar-refractivity contribution in [1.29, 1.82) is 0 Å². The van der Waals surface area contributed by atoms with E-state index in [-0.39, 0.29) is 11.8 Å². The molecule has 1 atom stereocenters. The van der Waals surface area contributed by atoms with Crippen molar-refractivity contribution in [2.24, 2.45) is 5.92 Å². The second kappa shape index (κ2) is 9.98. The van der Waals surface area contributed by atoms with Gasteiger partial charge in [0.15, 0.2) is 0 Å². The topological polar surface area (TPSA) is 45.7 Å². The lowest BCUT2D eigenvalue weighted by Crippen LogP contribution is -2.36. The number of benzene rings is 2. The van der Waals surface area contributed by atoms with Crippen molar-refractivity contribution in [3.05, 3.63) is 89.2 Å². The van der Waals surface area contributed by atoms with Crippen molar-refractivity contribution in [3.8, 4) is 11.5 Å². The molecule has 0 N–H and O–H groups in total. The van der Waals surface area contributed by atoms with Gasteiger partial charge in [0, 0.05) is 48.4 Å². The van der Waals surface area contributed by atoms with Crippen molar-refractivity contribution >= 4 is 5.91 Å². The molecule has 1 amide bonds. The predicted molar refractivity (Wildman–Crippen MR) is 134 cm³/mol. The molecule has 3 aromatic rings. The Morgan fingerprint density at radius 2 is 1.71 bits per heavy atom. The third-order valence-electron chi connectivity index (χ3n) is 7.34. The van der Waals surface area contributed by atoms with Crippen molar-refractivity contribution in [3.63, 3.8) is 0 Å². The summed E-state index contributed by atoms with van der Waals surface area (Å²) in [5.41, 5.74) is 4.30. The molecule has 34 heavy (non-hydrogen) atoms. The van der Waals surface area contributed by atoms with E-state index in [0.717, 1.165) is 49.7 Å². The highest BCUT2D eigenvalue weighted by Crippen LogP contribution is 2.50. The van der Waals surface area contributed by atoms with Crippen molar-refractivity contribution < 1.29 is 9.53 Å². The second-order valence-electron chi connectivity index (χ2n) is 9.28. The van der Waals surface area contributed by atoms with Crippen LogP contribution < -0.4 is 4.74 Å².